The third-order valence-corrected chi connectivity index (χ3v) is 6.50. The number of hydrogen-bond donors (Lipinski definition) is 2. The summed E-state index contributed by atoms with van der Waals surface area (Å²) in [5, 5.41) is 13.1. The second kappa shape index (κ2) is 7.04. The fourth-order valence-electron chi connectivity index (χ4n) is 2.53. The Bertz CT molecular complexity index is 365. The lowest BCUT2D eigenvalue weighted by molar-refractivity contribution is 0.0643. The average molecular weight is 291 g/mol. The number of aliphatic hydroxyl groups excluding tert-OH is 1. The Labute approximate surface area is 117 Å². The van der Waals surface area contributed by atoms with Gasteiger partial charge in [-0.3, -0.25) is 0 Å². The molecular formula is C14H29NO3S. The molecule has 2 unspecified atom stereocenters. The van der Waals surface area contributed by atoms with Crippen molar-refractivity contribution in [2.75, 3.05) is 19.3 Å². The molecule has 2 atom stereocenters. The molecule has 114 valence electrons. The Morgan fingerprint density at radius 3 is 2.47 bits per heavy atom. The minimum atomic E-state index is -3.02. The van der Waals surface area contributed by atoms with E-state index in [9.17, 15) is 13.5 Å². The van der Waals surface area contributed by atoms with Gasteiger partial charge < -0.3 is 10.4 Å². The van der Waals surface area contributed by atoms with E-state index >= 15 is 0 Å². The molecule has 0 amide bonds. The van der Waals surface area contributed by atoms with Crippen LogP contribution >= 0.6 is 0 Å². The predicted octanol–water partition coefficient (Wildman–Crippen LogP) is 1.73. The van der Waals surface area contributed by atoms with E-state index in [1.807, 2.05) is 0 Å². The number of hydrogen-bond acceptors (Lipinski definition) is 4. The average Bonchev–Trinajstić information content (AvgIpc) is 2.29. The highest BCUT2D eigenvalue weighted by atomic mass is 32.2. The smallest absolute Gasteiger partial charge is 0.153 e. The van der Waals surface area contributed by atoms with E-state index < -0.39 is 14.6 Å². The van der Waals surface area contributed by atoms with Crippen LogP contribution in [0.5, 0.6) is 0 Å². The van der Waals surface area contributed by atoms with Gasteiger partial charge in [-0.1, -0.05) is 12.8 Å². The molecule has 1 fully saturated rings. The summed E-state index contributed by atoms with van der Waals surface area (Å²) >= 11 is 0. The van der Waals surface area contributed by atoms with Gasteiger partial charge in [-0.25, -0.2) is 8.42 Å². The van der Waals surface area contributed by atoms with Crippen LogP contribution in [0.1, 0.15) is 52.4 Å². The summed E-state index contributed by atoms with van der Waals surface area (Å²) < 4.78 is 22.4. The number of nitrogens with one attached hydrogen (secondary N) is 1. The maximum atomic E-state index is 11.5. The predicted molar refractivity (Wildman–Crippen MR) is 79.0 cm³/mol. The van der Waals surface area contributed by atoms with Gasteiger partial charge in [0, 0.05) is 12.8 Å². The van der Waals surface area contributed by atoms with Crippen LogP contribution in [-0.2, 0) is 9.84 Å². The quantitative estimate of drug-likeness (QED) is 0.701. The van der Waals surface area contributed by atoms with E-state index in [1.54, 1.807) is 13.8 Å². The van der Waals surface area contributed by atoms with Crippen molar-refractivity contribution < 1.29 is 13.5 Å². The standard InChI is InChI=1S/C14H29NO3S/c1-14(2,19(3,17)18)11-15-10-6-8-12-7-4-5-9-13(12)16/h12-13,15-16H,4-11H2,1-3H3. The topological polar surface area (TPSA) is 66.4 Å². The minimum Gasteiger partial charge on any atom is -0.393 e. The Balaban J connectivity index is 2.18. The zero-order chi connectivity index (χ0) is 14.5. The molecule has 19 heavy (non-hydrogen) atoms. The lowest BCUT2D eigenvalue weighted by Crippen LogP contribution is -2.42. The molecule has 0 heterocycles. The molecule has 1 rings (SSSR count). The van der Waals surface area contributed by atoms with Crippen LogP contribution < -0.4 is 5.32 Å². The highest BCUT2D eigenvalue weighted by Crippen LogP contribution is 2.27. The maximum Gasteiger partial charge on any atom is 0.153 e. The van der Waals surface area contributed by atoms with Crippen LogP contribution in [0.3, 0.4) is 0 Å². The highest BCUT2D eigenvalue weighted by molar-refractivity contribution is 7.92. The second-order valence-electron chi connectivity index (χ2n) is 6.46. The van der Waals surface area contributed by atoms with Crippen molar-refractivity contribution in [1.82, 2.24) is 5.32 Å². The molecule has 1 aliphatic rings. The Kier molecular flexibility index (Phi) is 6.27. The third kappa shape index (κ3) is 5.40. The first kappa shape index (κ1) is 16.9. The summed E-state index contributed by atoms with van der Waals surface area (Å²) in [4.78, 5) is 0. The monoisotopic (exact) mass is 291 g/mol. The second-order valence-corrected chi connectivity index (χ2v) is 9.11. The van der Waals surface area contributed by atoms with Crippen molar-refractivity contribution >= 4 is 9.84 Å². The van der Waals surface area contributed by atoms with Gasteiger partial charge in [0.15, 0.2) is 9.84 Å². The molecule has 2 N–H and O–H groups in total. The molecule has 0 radical (unpaired) electrons. The molecule has 4 nitrogen and oxygen atoms in total. The van der Waals surface area contributed by atoms with Crippen molar-refractivity contribution in [3.63, 3.8) is 0 Å². The van der Waals surface area contributed by atoms with Gasteiger partial charge in [0.1, 0.15) is 0 Å². The normalized spacial score (nSPS) is 25.5. The summed E-state index contributed by atoms with van der Waals surface area (Å²) in [6.45, 7) is 4.81. The van der Waals surface area contributed by atoms with Gasteiger partial charge >= 0.3 is 0 Å². The van der Waals surface area contributed by atoms with Gasteiger partial charge in [-0.2, -0.15) is 0 Å². The largest absolute Gasteiger partial charge is 0.393 e. The molecule has 1 aliphatic carbocycles. The van der Waals surface area contributed by atoms with E-state index in [-0.39, 0.29) is 6.10 Å². The van der Waals surface area contributed by atoms with Crippen molar-refractivity contribution in [3.05, 3.63) is 0 Å². The SMILES string of the molecule is CC(C)(CNCCCC1CCCCC1O)S(C)(=O)=O. The Hall–Kier alpha value is -0.130. The fraction of sp³-hybridized carbons (Fsp3) is 1.00. The molecular weight excluding hydrogens is 262 g/mol. The zero-order valence-electron chi connectivity index (χ0n) is 12.5. The van der Waals surface area contributed by atoms with E-state index in [0.29, 0.717) is 12.5 Å². The molecule has 0 bridgehead atoms. The van der Waals surface area contributed by atoms with Crippen LogP contribution in [0.4, 0.5) is 0 Å². The molecule has 1 saturated carbocycles. The summed E-state index contributed by atoms with van der Waals surface area (Å²) in [5.74, 6) is 0.443. The van der Waals surface area contributed by atoms with Gasteiger partial charge in [0.05, 0.1) is 10.9 Å². The van der Waals surface area contributed by atoms with E-state index in [1.165, 1.54) is 12.7 Å². The maximum absolute atomic E-state index is 11.5. The van der Waals surface area contributed by atoms with E-state index in [2.05, 4.69) is 5.32 Å². The first-order chi connectivity index (χ1) is 8.74. The molecule has 0 spiro atoms. The fourth-order valence-corrected chi connectivity index (χ4v) is 2.90. The molecule has 0 aromatic carbocycles. The van der Waals surface area contributed by atoms with Crippen LogP contribution in [-0.4, -0.2) is 43.7 Å². The first-order valence-corrected chi connectivity index (χ1v) is 9.21. The summed E-state index contributed by atoms with van der Waals surface area (Å²) in [6, 6.07) is 0. The number of rotatable bonds is 7. The number of sulfone groups is 1. The summed E-state index contributed by atoms with van der Waals surface area (Å²) in [5.41, 5.74) is 0. The molecule has 0 aromatic rings. The Morgan fingerprint density at radius 2 is 1.89 bits per heavy atom. The van der Waals surface area contributed by atoms with E-state index in [4.69, 9.17) is 0 Å². The summed E-state index contributed by atoms with van der Waals surface area (Å²) in [6.07, 6.45) is 7.66. The first-order valence-electron chi connectivity index (χ1n) is 7.32. The minimum absolute atomic E-state index is 0.124. The lowest BCUT2D eigenvalue weighted by atomic mass is 9.83. The highest BCUT2D eigenvalue weighted by Gasteiger charge is 2.29. The van der Waals surface area contributed by atoms with Crippen LogP contribution in [0.2, 0.25) is 0 Å². The Morgan fingerprint density at radius 1 is 1.26 bits per heavy atom. The van der Waals surface area contributed by atoms with Crippen molar-refractivity contribution in [2.45, 2.75) is 63.2 Å². The van der Waals surface area contributed by atoms with Crippen molar-refractivity contribution in [3.8, 4) is 0 Å². The van der Waals surface area contributed by atoms with Gasteiger partial charge in [-0.15, -0.1) is 0 Å². The molecule has 0 saturated heterocycles. The summed E-state index contributed by atoms with van der Waals surface area (Å²) in [7, 11) is -3.02. The molecule has 0 aromatic heterocycles. The zero-order valence-corrected chi connectivity index (χ0v) is 13.3. The van der Waals surface area contributed by atoms with Crippen molar-refractivity contribution in [1.29, 1.82) is 0 Å². The van der Waals surface area contributed by atoms with Crippen LogP contribution in [0.25, 0.3) is 0 Å². The number of aliphatic hydroxyl groups is 1. The van der Waals surface area contributed by atoms with Crippen molar-refractivity contribution in [2.24, 2.45) is 5.92 Å². The third-order valence-electron chi connectivity index (χ3n) is 4.35. The van der Waals surface area contributed by atoms with Gasteiger partial charge in [0.2, 0.25) is 0 Å². The van der Waals surface area contributed by atoms with Gasteiger partial charge in [0.25, 0.3) is 0 Å². The van der Waals surface area contributed by atoms with Crippen LogP contribution in [0.15, 0.2) is 0 Å². The van der Waals surface area contributed by atoms with Gasteiger partial charge in [-0.05, 0) is 52.0 Å². The van der Waals surface area contributed by atoms with E-state index in [0.717, 1.165) is 38.6 Å². The molecule has 5 heteroatoms. The molecule has 0 aliphatic heterocycles. The van der Waals surface area contributed by atoms with Crippen LogP contribution in [0, 0.1) is 5.92 Å². The lowest BCUT2D eigenvalue weighted by Gasteiger charge is -2.28.